The van der Waals surface area contributed by atoms with Crippen LogP contribution in [0.25, 0.3) is 0 Å². The van der Waals surface area contributed by atoms with Gasteiger partial charge in [-0.05, 0) is 32.1 Å². The van der Waals surface area contributed by atoms with Gasteiger partial charge >= 0.3 is 0 Å². The maximum atomic E-state index is 12.6. The molecule has 186 valence electrons. The molecule has 0 spiro atoms. The molecule has 0 bridgehead atoms. The summed E-state index contributed by atoms with van der Waals surface area (Å²) < 4.78 is 16.5. The minimum absolute atomic E-state index is 0.00208. The lowest BCUT2D eigenvalue weighted by molar-refractivity contribution is -0.308. The smallest absolute Gasteiger partial charge is 0.242 e. The number of hydrogen-bond donors (Lipinski definition) is 4. The van der Waals surface area contributed by atoms with Gasteiger partial charge in [0.1, 0.15) is 6.04 Å². The van der Waals surface area contributed by atoms with E-state index >= 15 is 0 Å². The number of carbonyl (C=O) groups excluding carboxylic acids is 4. The summed E-state index contributed by atoms with van der Waals surface area (Å²) in [6, 6.07) is -3.44. The first-order valence-electron chi connectivity index (χ1n) is 10.6. The minimum atomic E-state index is -4.46. The Morgan fingerprint density at radius 3 is 2.06 bits per heavy atom. The summed E-state index contributed by atoms with van der Waals surface area (Å²) in [5.41, 5.74) is 0. The second-order valence-electron chi connectivity index (χ2n) is 7.92. The first kappa shape index (κ1) is 30.0. The van der Waals surface area contributed by atoms with Gasteiger partial charge in [-0.2, -0.15) is 0 Å². The maximum Gasteiger partial charge on any atom is 0.242 e. The van der Waals surface area contributed by atoms with Crippen LogP contribution in [0.5, 0.6) is 0 Å². The van der Waals surface area contributed by atoms with Crippen molar-refractivity contribution in [1.29, 1.82) is 0 Å². The van der Waals surface area contributed by atoms with Gasteiger partial charge in [-0.25, -0.2) is 5.09 Å². The molecule has 3 amide bonds. The number of carboxylic acid groups (broad SMARTS) is 1. The van der Waals surface area contributed by atoms with E-state index in [2.05, 4.69) is 25.6 Å². The minimum Gasteiger partial charge on any atom is -0.766 e. The number of hydrogen-bond acceptors (Lipinski definition) is 8. The van der Waals surface area contributed by atoms with Crippen molar-refractivity contribution in [3.63, 3.8) is 0 Å². The lowest BCUT2D eigenvalue weighted by atomic mass is 9.99. The molecule has 0 radical (unpaired) electrons. The number of carbonyl (C=O) groups is 4. The molecule has 0 saturated carbocycles. The zero-order valence-electron chi connectivity index (χ0n) is 19.4. The van der Waals surface area contributed by atoms with Crippen LogP contribution in [0.15, 0.2) is 0 Å². The molecule has 0 rings (SSSR count). The molecule has 0 aromatic rings. The van der Waals surface area contributed by atoms with E-state index in [1.54, 1.807) is 27.7 Å². The van der Waals surface area contributed by atoms with E-state index in [4.69, 9.17) is 0 Å². The van der Waals surface area contributed by atoms with Crippen LogP contribution in [0.4, 0.5) is 0 Å². The first-order valence-corrected chi connectivity index (χ1v) is 12.1. The molecule has 0 aliphatic carbocycles. The third-order valence-corrected chi connectivity index (χ3v) is 5.79. The van der Waals surface area contributed by atoms with Crippen molar-refractivity contribution in [2.75, 3.05) is 13.2 Å². The zero-order chi connectivity index (χ0) is 25.1. The summed E-state index contributed by atoms with van der Waals surface area (Å²) in [4.78, 5) is 59.8. The average molecular weight is 478 g/mol. The van der Waals surface area contributed by atoms with Crippen LogP contribution in [-0.4, -0.2) is 55.0 Å². The fraction of sp³-hybridized carbons (Fsp3) is 0.789. The van der Waals surface area contributed by atoms with Crippen molar-refractivity contribution in [2.45, 2.75) is 72.5 Å². The Labute approximate surface area is 188 Å². The number of rotatable bonds is 15. The monoisotopic (exact) mass is 478 g/mol. The maximum absolute atomic E-state index is 12.6. The first-order chi connectivity index (χ1) is 14.7. The molecule has 0 aromatic carbocycles. The summed E-state index contributed by atoms with van der Waals surface area (Å²) in [5, 5.41) is 20.3. The zero-order valence-corrected chi connectivity index (χ0v) is 20.3. The van der Waals surface area contributed by atoms with Gasteiger partial charge in [-0.15, -0.1) is 0 Å². The third kappa shape index (κ3) is 11.6. The molecular formula is C19H35N4O8P-2. The van der Waals surface area contributed by atoms with Crippen molar-refractivity contribution in [3.8, 4) is 0 Å². The van der Waals surface area contributed by atoms with Crippen LogP contribution in [-0.2, 0) is 28.3 Å². The van der Waals surface area contributed by atoms with Crippen molar-refractivity contribution in [1.82, 2.24) is 21.0 Å². The second-order valence-corrected chi connectivity index (χ2v) is 9.44. The summed E-state index contributed by atoms with van der Waals surface area (Å²) in [5.74, 6) is -3.97. The molecule has 0 aromatic heterocycles. The predicted molar refractivity (Wildman–Crippen MR) is 113 cm³/mol. The van der Waals surface area contributed by atoms with E-state index in [0.717, 1.165) is 0 Å². The summed E-state index contributed by atoms with van der Waals surface area (Å²) in [6.45, 7) is 9.27. The van der Waals surface area contributed by atoms with Gasteiger partial charge < -0.3 is 35.3 Å². The van der Waals surface area contributed by atoms with Crippen LogP contribution >= 0.6 is 7.75 Å². The highest BCUT2D eigenvalue weighted by Gasteiger charge is 2.30. The number of nitrogens with one attached hydrogen (secondary N) is 4. The Morgan fingerprint density at radius 2 is 1.59 bits per heavy atom. The number of amides is 3. The van der Waals surface area contributed by atoms with Gasteiger partial charge in [-0.1, -0.05) is 34.1 Å². The van der Waals surface area contributed by atoms with Gasteiger partial charge in [0.25, 0.3) is 0 Å². The molecule has 0 aliphatic heterocycles. The lowest BCUT2D eigenvalue weighted by Gasteiger charge is -2.32. The van der Waals surface area contributed by atoms with Crippen molar-refractivity contribution >= 4 is 31.4 Å². The van der Waals surface area contributed by atoms with E-state index in [1.807, 2.05) is 0 Å². The van der Waals surface area contributed by atoms with E-state index < -0.39 is 56.1 Å². The molecule has 0 heterocycles. The topological polar surface area (TPSA) is 189 Å². The number of carboxylic acids is 1. The van der Waals surface area contributed by atoms with E-state index in [-0.39, 0.29) is 24.9 Å². The third-order valence-electron chi connectivity index (χ3n) is 4.59. The molecule has 0 aliphatic rings. The predicted octanol–water partition coefficient (Wildman–Crippen LogP) is -1.60. The highest BCUT2D eigenvalue weighted by atomic mass is 31.2. The van der Waals surface area contributed by atoms with E-state index in [1.165, 1.54) is 13.8 Å². The molecular weight excluding hydrogens is 443 g/mol. The Bertz CT molecular complexity index is 703. The fourth-order valence-corrected chi connectivity index (χ4v) is 3.80. The quantitative estimate of drug-likeness (QED) is 0.201. The fourth-order valence-electron chi connectivity index (χ4n) is 2.68. The molecule has 1 unspecified atom stereocenters. The van der Waals surface area contributed by atoms with Gasteiger partial charge in [0.2, 0.25) is 25.5 Å². The SMILES string of the molecule is CCOP(=O)([O-])N[C@H](C(=O)N[C@@H](C)C(=O)NCC(=O)N[C@@H](CC(C)C)C(=O)[O-])[C@@H](C)CC. The average Bonchev–Trinajstić information content (AvgIpc) is 2.68. The summed E-state index contributed by atoms with van der Waals surface area (Å²) in [6.07, 6.45) is 0.651. The van der Waals surface area contributed by atoms with Crippen LogP contribution in [0.3, 0.4) is 0 Å². The molecule has 12 nitrogen and oxygen atoms in total. The van der Waals surface area contributed by atoms with Crippen LogP contribution in [0, 0.1) is 11.8 Å². The van der Waals surface area contributed by atoms with Crippen LogP contribution in [0.2, 0.25) is 0 Å². The Morgan fingerprint density at radius 1 is 1.00 bits per heavy atom. The standard InChI is InChI=1S/C19H37N4O8P/c1-7-12(5)16(23-32(29,30)31-8-2)18(26)21-13(6)17(25)20-10-15(24)22-14(19(27)28)9-11(3)4/h11-14,16H,7-10H2,1-6H3,(H,20,25)(H,21,26)(H,22,24)(H,27,28)(H2,23,29,30)/p-2/t12-,13-,14-,16-/m0/s1. The van der Waals surface area contributed by atoms with Gasteiger partial charge in [0.15, 0.2) is 0 Å². The second kappa shape index (κ2) is 14.2. The Kier molecular flexibility index (Phi) is 13.3. The van der Waals surface area contributed by atoms with Crippen LogP contribution < -0.4 is 31.0 Å². The van der Waals surface area contributed by atoms with Crippen molar-refractivity contribution in [2.24, 2.45) is 11.8 Å². The Balaban J connectivity index is 4.89. The highest BCUT2D eigenvalue weighted by Crippen LogP contribution is 2.33. The largest absolute Gasteiger partial charge is 0.766 e. The summed E-state index contributed by atoms with van der Waals surface area (Å²) in [7, 11) is -4.46. The molecule has 5 atom stereocenters. The molecule has 4 N–H and O–H groups in total. The molecule has 0 saturated heterocycles. The normalized spacial score (nSPS) is 16.9. The number of aliphatic carboxylic acids is 1. The van der Waals surface area contributed by atoms with Crippen molar-refractivity contribution < 1.29 is 38.3 Å². The Hall–Kier alpha value is -2.01. The highest BCUT2D eigenvalue weighted by molar-refractivity contribution is 7.49. The molecule has 0 fully saturated rings. The van der Waals surface area contributed by atoms with E-state index in [0.29, 0.717) is 6.42 Å². The molecule has 13 heteroatoms. The van der Waals surface area contributed by atoms with E-state index in [9.17, 15) is 33.7 Å². The lowest BCUT2D eigenvalue weighted by Crippen LogP contribution is -2.55. The van der Waals surface area contributed by atoms with Gasteiger partial charge in [-0.3, -0.25) is 18.9 Å². The van der Waals surface area contributed by atoms with Crippen molar-refractivity contribution in [3.05, 3.63) is 0 Å². The van der Waals surface area contributed by atoms with Crippen LogP contribution in [0.1, 0.15) is 54.4 Å². The van der Waals surface area contributed by atoms with Gasteiger partial charge in [0.05, 0.1) is 31.2 Å². The summed E-state index contributed by atoms with van der Waals surface area (Å²) >= 11 is 0. The van der Waals surface area contributed by atoms with Gasteiger partial charge in [0, 0.05) is 0 Å². The molecule has 32 heavy (non-hydrogen) atoms.